The monoisotopic (exact) mass is 395 g/mol. The van der Waals surface area contributed by atoms with Crippen molar-refractivity contribution in [2.75, 3.05) is 0 Å². The lowest BCUT2D eigenvalue weighted by atomic mass is 9.82. The molecule has 0 saturated heterocycles. The molecule has 4 nitrogen and oxygen atoms in total. The van der Waals surface area contributed by atoms with Gasteiger partial charge in [-0.25, -0.2) is 9.37 Å². The lowest BCUT2D eigenvalue weighted by Gasteiger charge is -2.22. The predicted octanol–water partition coefficient (Wildman–Crippen LogP) is 4.73. The molecule has 29 heavy (non-hydrogen) atoms. The van der Waals surface area contributed by atoms with Gasteiger partial charge in [-0.3, -0.25) is 4.79 Å². The van der Waals surface area contributed by atoms with Gasteiger partial charge in [-0.15, -0.1) is 0 Å². The molecule has 1 fully saturated rings. The Morgan fingerprint density at radius 1 is 1.21 bits per heavy atom. The van der Waals surface area contributed by atoms with E-state index in [1.165, 1.54) is 5.56 Å². The standard InChI is InChI=1S/C24H26FNO3/c1-23(2)11-24(3,4)17-8-18(25)13(6-16(17)23)10-29-19-7-12-5-14-20(15(12)9-26-19)21(14)22(27)28/h6-9,14,20-21H,5,10-11H2,1-4H3,(H,27,28)/t14-,20-,21+/m1/s1. The van der Waals surface area contributed by atoms with Crippen molar-refractivity contribution in [1.29, 1.82) is 0 Å². The Morgan fingerprint density at radius 2 is 1.90 bits per heavy atom. The summed E-state index contributed by atoms with van der Waals surface area (Å²) < 4.78 is 20.6. The second-order valence-corrected chi connectivity index (χ2v) is 10.2. The summed E-state index contributed by atoms with van der Waals surface area (Å²) in [6, 6.07) is 5.52. The molecule has 3 aliphatic carbocycles. The predicted molar refractivity (Wildman–Crippen MR) is 107 cm³/mol. The van der Waals surface area contributed by atoms with E-state index >= 15 is 0 Å². The Labute approximate surface area is 170 Å². The van der Waals surface area contributed by atoms with Gasteiger partial charge in [-0.05, 0) is 64.0 Å². The zero-order chi connectivity index (χ0) is 20.7. The van der Waals surface area contributed by atoms with Gasteiger partial charge in [0, 0.05) is 23.7 Å². The Kier molecular flexibility index (Phi) is 3.72. The zero-order valence-electron chi connectivity index (χ0n) is 17.3. The molecule has 1 saturated carbocycles. The summed E-state index contributed by atoms with van der Waals surface area (Å²) in [4.78, 5) is 15.6. The van der Waals surface area contributed by atoms with Crippen LogP contribution in [0.4, 0.5) is 4.39 Å². The molecule has 0 aliphatic heterocycles. The van der Waals surface area contributed by atoms with Crippen LogP contribution >= 0.6 is 0 Å². The van der Waals surface area contributed by atoms with Gasteiger partial charge in [-0.1, -0.05) is 27.7 Å². The van der Waals surface area contributed by atoms with E-state index in [2.05, 4.69) is 32.7 Å². The number of halogens is 1. The lowest BCUT2D eigenvalue weighted by molar-refractivity contribution is -0.139. The Hall–Kier alpha value is -2.43. The fourth-order valence-corrected chi connectivity index (χ4v) is 5.98. The molecule has 3 aliphatic rings. The van der Waals surface area contributed by atoms with Crippen molar-refractivity contribution < 1.29 is 19.0 Å². The minimum Gasteiger partial charge on any atom is -0.481 e. The summed E-state index contributed by atoms with van der Waals surface area (Å²) in [5.41, 5.74) is 4.95. The molecule has 3 atom stereocenters. The van der Waals surface area contributed by atoms with Crippen molar-refractivity contribution in [2.24, 2.45) is 11.8 Å². The van der Waals surface area contributed by atoms with E-state index in [1.54, 1.807) is 12.3 Å². The molecule has 1 aromatic heterocycles. The third-order valence-corrected chi connectivity index (χ3v) is 7.17. The molecule has 0 bridgehead atoms. The van der Waals surface area contributed by atoms with E-state index in [0.717, 1.165) is 29.5 Å². The van der Waals surface area contributed by atoms with Gasteiger partial charge in [0.25, 0.3) is 0 Å². The normalized spacial score (nSPS) is 27.1. The number of rotatable bonds is 4. The van der Waals surface area contributed by atoms with Gasteiger partial charge in [0.05, 0.1) is 5.92 Å². The summed E-state index contributed by atoms with van der Waals surface area (Å²) in [5.74, 6) is -0.450. The highest BCUT2D eigenvalue weighted by Crippen LogP contribution is 2.61. The van der Waals surface area contributed by atoms with Crippen LogP contribution in [0, 0.1) is 17.7 Å². The maximum absolute atomic E-state index is 14.8. The molecule has 0 amide bonds. The van der Waals surface area contributed by atoms with Crippen LogP contribution in [-0.2, 0) is 28.7 Å². The second-order valence-electron chi connectivity index (χ2n) is 10.2. The van der Waals surface area contributed by atoms with Crippen molar-refractivity contribution >= 4 is 5.97 Å². The number of hydrogen-bond donors (Lipinski definition) is 1. The van der Waals surface area contributed by atoms with Gasteiger partial charge in [0.2, 0.25) is 5.88 Å². The zero-order valence-corrected chi connectivity index (χ0v) is 17.3. The molecule has 5 rings (SSSR count). The summed E-state index contributed by atoms with van der Waals surface area (Å²) in [6.07, 6.45) is 3.49. The summed E-state index contributed by atoms with van der Waals surface area (Å²) >= 11 is 0. The van der Waals surface area contributed by atoms with Crippen LogP contribution in [0.1, 0.15) is 67.9 Å². The Morgan fingerprint density at radius 3 is 2.59 bits per heavy atom. The summed E-state index contributed by atoms with van der Waals surface area (Å²) in [7, 11) is 0. The number of aromatic nitrogens is 1. The van der Waals surface area contributed by atoms with Gasteiger partial charge < -0.3 is 9.84 Å². The number of nitrogens with zero attached hydrogens (tertiary/aromatic N) is 1. The lowest BCUT2D eigenvalue weighted by Crippen LogP contribution is -2.18. The molecule has 0 unspecified atom stereocenters. The van der Waals surface area contributed by atoms with Gasteiger partial charge in [0.15, 0.2) is 0 Å². The Balaban J connectivity index is 1.35. The number of aliphatic carboxylic acids is 1. The van der Waals surface area contributed by atoms with E-state index in [1.807, 2.05) is 12.1 Å². The highest BCUT2D eigenvalue weighted by atomic mass is 19.1. The van der Waals surface area contributed by atoms with Gasteiger partial charge >= 0.3 is 5.97 Å². The van der Waals surface area contributed by atoms with E-state index in [4.69, 9.17) is 4.74 Å². The van der Waals surface area contributed by atoms with Crippen LogP contribution in [0.2, 0.25) is 0 Å². The van der Waals surface area contributed by atoms with E-state index in [9.17, 15) is 14.3 Å². The van der Waals surface area contributed by atoms with E-state index in [-0.39, 0.29) is 41.0 Å². The summed E-state index contributed by atoms with van der Waals surface area (Å²) in [5, 5.41) is 9.23. The third kappa shape index (κ3) is 2.77. The van der Waals surface area contributed by atoms with Crippen molar-refractivity contribution in [3.05, 3.63) is 58.0 Å². The second kappa shape index (κ2) is 5.80. The van der Waals surface area contributed by atoms with Crippen molar-refractivity contribution in [1.82, 2.24) is 4.98 Å². The molecular formula is C24H26FNO3. The number of fused-ring (bicyclic) bond motifs is 4. The Bertz CT molecular complexity index is 1040. The van der Waals surface area contributed by atoms with Crippen LogP contribution in [0.5, 0.6) is 5.88 Å². The number of carboxylic acid groups (broad SMARTS) is 1. The highest BCUT2D eigenvalue weighted by molar-refractivity contribution is 5.77. The minimum absolute atomic E-state index is 0.00874. The fourth-order valence-electron chi connectivity index (χ4n) is 5.98. The first kappa shape index (κ1) is 18.6. The maximum atomic E-state index is 14.8. The first-order chi connectivity index (χ1) is 13.6. The molecule has 5 heteroatoms. The molecule has 0 spiro atoms. The van der Waals surface area contributed by atoms with E-state index in [0.29, 0.717) is 11.4 Å². The molecule has 1 N–H and O–H groups in total. The number of carboxylic acids is 1. The molecule has 1 aromatic carbocycles. The van der Waals surface area contributed by atoms with Crippen molar-refractivity contribution in [2.45, 2.75) is 63.9 Å². The quantitative estimate of drug-likeness (QED) is 0.813. The van der Waals surface area contributed by atoms with Crippen LogP contribution < -0.4 is 4.74 Å². The SMILES string of the molecule is CC1(C)CC(C)(C)c2cc(COc3cc4c(cn3)[C@H]3[C@@H](C4)[C@@H]3C(=O)O)c(F)cc21. The number of carbonyl (C=O) groups is 1. The van der Waals surface area contributed by atoms with E-state index < -0.39 is 5.97 Å². The van der Waals surface area contributed by atoms with Crippen LogP contribution in [0.25, 0.3) is 0 Å². The van der Waals surface area contributed by atoms with Crippen molar-refractivity contribution in [3.8, 4) is 5.88 Å². The average molecular weight is 395 g/mol. The minimum atomic E-state index is -0.718. The van der Waals surface area contributed by atoms with Crippen molar-refractivity contribution in [3.63, 3.8) is 0 Å². The third-order valence-electron chi connectivity index (χ3n) is 7.17. The average Bonchev–Trinajstić information content (AvgIpc) is 3.16. The van der Waals surface area contributed by atoms with Gasteiger partial charge in [0.1, 0.15) is 12.4 Å². The molecule has 2 aromatic rings. The smallest absolute Gasteiger partial charge is 0.307 e. The molecule has 152 valence electrons. The topological polar surface area (TPSA) is 59.4 Å². The molecular weight excluding hydrogens is 369 g/mol. The number of benzene rings is 1. The fraction of sp³-hybridized carbons (Fsp3) is 0.500. The summed E-state index contributed by atoms with van der Waals surface area (Å²) in [6.45, 7) is 8.89. The first-order valence-electron chi connectivity index (χ1n) is 10.3. The molecule has 0 radical (unpaired) electrons. The molecule has 1 heterocycles. The van der Waals surface area contributed by atoms with Crippen LogP contribution in [0.15, 0.2) is 24.4 Å². The highest BCUT2D eigenvalue weighted by Gasteiger charge is 2.60. The van der Waals surface area contributed by atoms with Crippen LogP contribution in [0.3, 0.4) is 0 Å². The number of hydrogen-bond acceptors (Lipinski definition) is 3. The number of ether oxygens (including phenoxy) is 1. The van der Waals surface area contributed by atoms with Gasteiger partial charge in [-0.2, -0.15) is 0 Å². The largest absolute Gasteiger partial charge is 0.481 e. The number of pyridine rings is 1. The van der Waals surface area contributed by atoms with Crippen LogP contribution in [-0.4, -0.2) is 16.1 Å². The first-order valence-corrected chi connectivity index (χ1v) is 10.3. The maximum Gasteiger partial charge on any atom is 0.307 e.